The molecule has 3 aromatic rings. The molecule has 3 N–H and O–H groups in total. The van der Waals surface area contributed by atoms with Crippen LogP contribution in [0.4, 0.5) is 11.4 Å². The molecular formula is C25H26ClN3O4S. The minimum atomic E-state index is -3.81. The summed E-state index contributed by atoms with van der Waals surface area (Å²) in [6.07, 6.45) is 0.774. The highest BCUT2D eigenvalue weighted by atomic mass is 35.5. The van der Waals surface area contributed by atoms with Gasteiger partial charge in [0.2, 0.25) is 0 Å². The molecule has 34 heavy (non-hydrogen) atoms. The highest BCUT2D eigenvalue weighted by molar-refractivity contribution is 7.92. The summed E-state index contributed by atoms with van der Waals surface area (Å²) in [6, 6.07) is 17.3. The normalized spacial score (nSPS) is 12.0. The van der Waals surface area contributed by atoms with Crippen molar-refractivity contribution in [1.29, 1.82) is 0 Å². The van der Waals surface area contributed by atoms with Crippen LogP contribution in [0.1, 0.15) is 46.5 Å². The summed E-state index contributed by atoms with van der Waals surface area (Å²) in [7, 11) is -3.81. The molecule has 0 spiro atoms. The predicted molar refractivity (Wildman–Crippen MR) is 135 cm³/mol. The maximum atomic E-state index is 12.9. The molecule has 1 atom stereocenters. The van der Waals surface area contributed by atoms with Crippen LogP contribution in [0, 0.1) is 6.92 Å². The molecule has 178 valence electrons. The third-order valence-corrected chi connectivity index (χ3v) is 6.92. The zero-order valence-corrected chi connectivity index (χ0v) is 20.6. The first-order valence-electron chi connectivity index (χ1n) is 10.7. The summed E-state index contributed by atoms with van der Waals surface area (Å²) in [5, 5.41) is 5.65. The van der Waals surface area contributed by atoms with Gasteiger partial charge in [0.05, 0.1) is 32.4 Å². The number of benzene rings is 3. The lowest BCUT2D eigenvalue weighted by Gasteiger charge is -2.15. The van der Waals surface area contributed by atoms with Crippen LogP contribution in [-0.2, 0) is 10.0 Å². The van der Waals surface area contributed by atoms with E-state index in [2.05, 4.69) is 15.4 Å². The zero-order chi connectivity index (χ0) is 24.9. The molecule has 2 amide bonds. The van der Waals surface area contributed by atoms with Gasteiger partial charge in [-0.2, -0.15) is 0 Å². The molecule has 0 aliphatic carbocycles. The number of carbonyl (C=O) groups excluding carboxylic acids is 2. The highest BCUT2D eigenvalue weighted by Gasteiger charge is 2.19. The number of carbonyl (C=O) groups is 2. The maximum absolute atomic E-state index is 12.9. The van der Waals surface area contributed by atoms with E-state index in [4.69, 9.17) is 11.6 Å². The lowest BCUT2D eigenvalue weighted by molar-refractivity contribution is 0.0940. The Morgan fingerprint density at radius 2 is 1.62 bits per heavy atom. The van der Waals surface area contributed by atoms with E-state index in [0.717, 1.165) is 12.0 Å². The summed E-state index contributed by atoms with van der Waals surface area (Å²) in [5.41, 5.74) is 1.96. The van der Waals surface area contributed by atoms with Gasteiger partial charge in [-0.15, -0.1) is 0 Å². The summed E-state index contributed by atoms with van der Waals surface area (Å²) < 4.78 is 27.7. The van der Waals surface area contributed by atoms with Crippen LogP contribution in [0.5, 0.6) is 0 Å². The zero-order valence-electron chi connectivity index (χ0n) is 19.1. The van der Waals surface area contributed by atoms with Gasteiger partial charge in [0.1, 0.15) is 0 Å². The number of aryl methyl sites for hydroxylation is 1. The minimum absolute atomic E-state index is 0.0121. The first kappa shape index (κ1) is 25.3. The van der Waals surface area contributed by atoms with Crippen LogP contribution in [0.25, 0.3) is 0 Å². The molecule has 0 fully saturated rings. The van der Waals surface area contributed by atoms with Gasteiger partial charge in [0, 0.05) is 6.04 Å². The standard InChI is InChI=1S/C25H26ClN3O4S/c1-4-17(3)27-25(31)21-7-5-6-8-23(21)28-24(30)20-14-11-18(15-22(20)26)29-34(32,33)19-12-9-16(2)10-13-19/h5-15,17,29H,4H2,1-3H3,(H,27,31)(H,28,30)/t17-/m1/s1. The van der Waals surface area contributed by atoms with Gasteiger partial charge < -0.3 is 10.6 Å². The molecule has 0 aliphatic heterocycles. The number of hydrogen-bond donors (Lipinski definition) is 3. The number of halogens is 1. The van der Waals surface area contributed by atoms with E-state index in [0.29, 0.717) is 11.3 Å². The van der Waals surface area contributed by atoms with Gasteiger partial charge in [0.25, 0.3) is 21.8 Å². The van der Waals surface area contributed by atoms with Crippen molar-refractivity contribution in [3.63, 3.8) is 0 Å². The Balaban J connectivity index is 1.78. The van der Waals surface area contributed by atoms with Crippen LogP contribution in [-0.4, -0.2) is 26.3 Å². The van der Waals surface area contributed by atoms with Crippen molar-refractivity contribution in [1.82, 2.24) is 5.32 Å². The molecule has 3 aromatic carbocycles. The summed E-state index contributed by atoms with van der Waals surface area (Å²) in [6.45, 7) is 5.72. The number of hydrogen-bond acceptors (Lipinski definition) is 4. The monoisotopic (exact) mass is 499 g/mol. The topological polar surface area (TPSA) is 104 Å². The quantitative estimate of drug-likeness (QED) is 0.394. The molecule has 7 nitrogen and oxygen atoms in total. The first-order chi connectivity index (χ1) is 16.1. The van der Waals surface area contributed by atoms with Crippen LogP contribution < -0.4 is 15.4 Å². The number of anilines is 2. The predicted octanol–water partition coefficient (Wildman–Crippen LogP) is 5.23. The molecule has 0 bridgehead atoms. The van der Waals surface area contributed by atoms with Gasteiger partial charge in [0.15, 0.2) is 0 Å². The third kappa shape index (κ3) is 6.15. The Bertz CT molecular complexity index is 1310. The number of nitrogens with one attached hydrogen (secondary N) is 3. The van der Waals surface area contributed by atoms with Gasteiger partial charge in [-0.3, -0.25) is 14.3 Å². The lowest BCUT2D eigenvalue weighted by Crippen LogP contribution is -2.32. The molecule has 0 radical (unpaired) electrons. The van der Waals surface area contributed by atoms with E-state index < -0.39 is 15.9 Å². The summed E-state index contributed by atoms with van der Waals surface area (Å²) >= 11 is 6.30. The second-order valence-electron chi connectivity index (χ2n) is 7.90. The Hall–Kier alpha value is -3.36. The second-order valence-corrected chi connectivity index (χ2v) is 9.99. The van der Waals surface area contributed by atoms with E-state index in [1.54, 1.807) is 36.4 Å². The van der Waals surface area contributed by atoms with E-state index >= 15 is 0 Å². The minimum Gasteiger partial charge on any atom is -0.350 e. The van der Waals surface area contributed by atoms with Gasteiger partial charge in [-0.1, -0.05) is 48.4 Å². The average molecular weight is 500 g/mol. The third-order valence-electron chi connectivity index (χ3n) is 5.21. The average Bonchev–Trinajstić information content (AvgIpc) is 2.79. The van der Waals surface area contributed by atoms with Gasteiger partial charge in [-0.25, -0.2) is 8.42 Å². The number of rotatable bonds is 8. The fraction of sp³-hybridized carbons (Fsp3) is 0.200. The number of sulfonamides is 1. The van der Waals surface area contributed by atoms with Crippen molar-refractivity contribution >= 4 is 44.8 Å². The van der Waals surface area contributed by atoms with Crippen LogP contribution in [0.15, 0.2) is 71.6 Å². The first-order valence-corrected chi connectivity index (χ1v) is 12.6. The van der Waals surface area contributed by atoms with Crippen molar-refractivity contribution in [3.8, 4) is 0 Å². The van der Waals surface area contributed by atoms with E-state index in [-0.39, 0.29) is 33.1 Å². The van der Waals surface area contributed by atoms with E-state index in [9.17, 15) is 18.0 Å². The Morgan fingerprint density at radius 3 is 2.26 bits per heavy atom. The van der Waals surface area contributed by atoms with E-state index in [1.165, 1.54) is 30.3 Å². The smallest absolute Gasteiger partial charge is 0.261 e. The van der Waals surface area contributed by atoms with Gasteiger partial charge >= 0.3 is 0 Å². The second kappa shape index (κ2) is 10.7. The highest BCUT2D eigenvalue weighted by Crippen LogP contribution is 2.25. The molecule has 0 saturated heterocycles. The fourth-order valence-corrected chi connectivity index (χ4v) is 4.39. The van der Waals surface area contributed by atoms with Crippen molar-refractivity contribution in [3.05, 3.63) is 88.4 Å². The van der Waals surface area contributed by atoms with E-state index in [1.807, 2.05) is 20.8 Å². The maximum Gasteiger partial charge on any atom is 0.261 e. The van der Waals surface area contributed by atoms with Crippen molar-refractivity contribution in [2.45, 2.75) is 38.1 Å². The Kier molecular flexibility index (Phi) is 7.96. The van der Waals surface area contributed by atoms with Crippen molar-refractivity contribution in [2.24, 2.45) is 0 Å². The van der Waals surface area contributed by atoms with Crippen LogP contribution in [0.3, 0.4) is 0 Å². The fourth-order valence-electron chi connectivity index (χ4n) is 3.08. The molecular weight excluding hydrogens is 474 g/mol. The van der Waals surface area contributed by atoms with Gasteiger partial charge in [-0.05, 0) is 62.7 Å². The molecule has 0 heterocycles. The van der Waals surface area contributed by atoms with Crippen LogP contribution >= 0.6 is 11.6 Å². The molecule has 0 unspecified atom stereocenters. The molecule has 9 heteroatoms. The summed E-state index contributed by atoms with van der Waals surface area (Å²) in [4.78, 5) is 25.6. The van der Waals surface area contributed by atoms with Crippen molar-refractivity contribution < 1.29 is 18.0 Å². The Labute approximate surface area is 204 Å². The summed E-state index contributed by atoms with van der Waals surface area (Å²) in [5.74, 6) is -0.820. The number of para-hydroxylation sites is 1. The van der Waals surface area contributed by atoms with Crippen molar-refractivity contribution in [2.75, 3.05) is 10.0 Å². The Morgan fingerprint density at radius 1 is 0.941 bits per heavy atom. The molecule has 0 aliphatic rings. The molecule has 0 saturated carbocycles. The lowest BCUT2D eigenvalue weighted by atomic mass is 10.1. The SMILES string of the molecule is CC[C@@H](C)NC(=O)c1ccccc1NC(=O)c1ccc(NS(=O)(=O)c2ccc(C)cc2)cc1Cl. The van der Waals surface area contributed by atoms with Crippen LogP contribution in [0.2, 0.25) is 5.02 Å². The largest absolute Gasteiger partial charge is 0.350 e. The molecule has 3 rings (SSSR count). The molecule has 0 aromatic heterocycles. The number of amides is 2.